The van der Waals surface area contributed by atoms with Gasteiger partial charge in [-0.2, -0.15) is 0 Å². The lowest BCUT2D eigenvalue weighted by molar-refractivity contribution is -0.0140. The van der Waals surface area contributed by atoms with E-state index in [0.29, 0.717) is 25.2 Å². The number of anilines is 1. The second-order valence-electron chi connectivity index (χ2n) is 10.2. The molecule has 40 heavy (non-hydrogen) atoms. The molecule has 1 atom stereocenters. The molecule has 1 aromatic heterocycles. The highest BCUT2D eigenvalue weighted by Gasteiger charge is 2.40. The summed E-state index contributed by atoms with van der Waals surface area (Å²) < 4.78 is 14.7. The van der Waals surface area contributed by atoms with Crippen LogP contribution in [-0.4, -0.2) is 63.6 Å². The van der Waals surface area contributed by atoms with Gasteiger partial charge >= 0.3 is 0 Å². The number of nitrogens with zero attached hydrogens (tertiary/aromatic N) is 4. The number of benzene rings is 2. The molecule has 0 aliphatic carbocycles. The van der Waals surface area contributed by atoms with Crippen molar-refractivity contribution in [2.24, 2.45) is 0 Å². The summed E-state index contributed by atoms with van der Waals surface area (Å²) in [5.41, 5.74) is 1.71. The van der Waals surface area contributed by atoms with Gasteiger partial charge in [0.05, 0.1) is 6.54 Å². The van der Waals surface area contributed by atoms with Crippen LogP contribution in [0.3, 0.4) is 0 Å². The number of nitrogens with one attached hydrogen (secondary N) is 1. The molecule has 9 nitrogen and oxygen atoms in total. The van der Waals surface area contributed by atoms with E-state index >= 15 is 0 Å². The highest BCUT2D eigenvalue weighted by Crippen LogP contribution is 2.29. The van der Waals surface area contributed by atoms with E-state index < -0.39 is 23.0 Å². The largest absolute Gasteiger partial charge is 0.503 e. The van der Waals surface area contributed by atoms with Gasteiger partial charge < -0.3 is 24.8 Å². The highest BCUT2D eigenvalue weighted by molar-refractivity contribution is 5.99. The predicted molar refractivity (Wildman–Crippen MR) is 150 cm³/mol. The number of rotatable bonds is 8. The second kappa shape index (κ2) is 11.5. The first-order valence-electron chi connectivity index (χ1n) is 13.7. The molecule has 1 saturated heterocycles. The Morgan fingerprint density at radius 1 is 1.02 bits per heavy atom. The first-order chi connectivity index (χ1) is 19.3. The van der Waals surface area contributed by atoms with Crippen LogP contribution >= 0.6 is 0 Å². The molecule has 2 aliphatic rings. The maximum atomic E-state index is 13.5. The molecule has 1 unspecified atom stereocenters. The zero-order valence-corrected chi connectivity index (χ0v) is 22.8. The lowest BCUT2D eigenvalue weighted by Gasteiger charge is -2.47. The fraction of sp³-hybridized carbons (Fsp3) is 0.367. The summed E-state index contributed by atoms with van der Waals surface area (Å²) in [5.74, 6) is -2.21. The Kier molecular flexibility index (Phi) is 7.88. The average Bonchev–Trinajstić information content (AvgIpc) is 2.96. The van der Waals surface area contributed by atoms with E-state index in [4.69, 9.17) is 0 Å². The Morgan fingerprint density at radius 2 is 1.70 bits per heavy atom. The first-order valence-corrected chi connectivity index (χ1v) is 13.7. The lowest BCUT2D eigenvalue weighted by Crippen LogP contribution is -2.60. The van der Waals surface area contributed by atoms with Crippen molar-refractivity contribution in [2.75, 3.05) is 31.1 Å². The Bertz CT molecular complexity index is 1450. The quantitative estimate of drug-likeness (QED) is 0.450. The molecule has 210 valence electrons. The first kappa shape index (κ1) is 27.4. The van der Waals surface area contributed by atoms with Crippen molar-refractivity contribution in [3.63, 3.8) is 0 Å². The number of fused-ring (bicyclic) bond motifs is 2. The third-order valence-corrected chi connectivity index (χ3v) is 7.77. The Balaban J connectivity index is 1.37. The minimum absolute atomic E-state index is 0.0806. The van der Waals surface area contributed by atoms with Crippen molar-refractivity contribution in [3.05, 3.63) is 93.2 Å². The maximum absolute atomic E-state index is 13.5. The van der Waals surface area contributed by atoms with Gasteiger partial charge in [0.15, 0.2) is 11.4 Å². The molecule has 5 rings (SSSR count). The van der Waals surface area contributed by atoms with Crippen LogP contribution < -0.4 is 15.6 Å². The summed E-state index contributed by atoms with van der Waals surface area (Å²) in [6.45, 7) is 8.46. The van der Waals surface area contributed by atoms with Crippen molar-refractivity contribution < 1.29 is 19.1 Å². The van der Waals surface area contributed by atoms with Crippen LogP contribution in [0, 0.1) is 5.82 Å². The Labute approximate surface area is 232 Å². The van der Waals surface area contributed by atoms with Gasteiger partial charge in [0.25, 0.3) is 11.8 Å². The third-order valence-electron chi connectivity index (χ3n) is 7.77. The van der Waals surface area contributed by atoms with E-state index in [9.17, 15) is 23.9 Å². The number of carbonyl (C=O) groups is 2. The van der Waals surface area contributed by atoms with Crippen LogP contribution in [0.5, 0.6) is 5.75 Å². The van der Waals surface area contributed by atoms with E-state index in [-0.39, 0.29) is 29.8 Å². The molecule has 3 heterocycles. The smallest absolute Gasteiger partial charge is 0.275 e. The number of amides is 2. The van der Waals surface area contributed by atoms with Gasteiger partial charge in [-0.15, -0.1) is 0 Å². The third kappa shape index (κ3) is 5.31. The zero-order valence-electron chi connectivity index (χ0n) is 22.8. The molecule has 10 heteroatoms. The standard InChI is InChI=1S/C30H34FN5O4/c1-3-33(4-2)23-12-8-21(9-13-23)17-34-14-5-15-36-25(34)19-35-18-24(27(37)28(38)26(35)30(36)40)29(39)32-16-20-6-10-22(31)11-7-20/h6-13,18,25,38H,3-5,14-17,19H2,1-2H3,(H,32,39). The summed E-state index contributed by atoms with van der Waals surface area (Å²) in [6, 6.07) is 14.1. The molecular formula is C30H34FN5O4. The summed E-state index contributed by atoms with van der Waals surface area (Å²) >= 11 is 0. The molecule has 0 radical (unpaired) electrons. The topological polar surface area (TPSA) is 98.1 Å². The monoisotopic (exact) mass is 547 g/mol. The molecule has 2 N–H and O–H groups in total. The van der Waals surface area contributed by atoms with Crippen molar-refractivity contribution >= 4 is 17.5 Å². The molecule has 0 bridgehead atoms. The highest BCUT2D eigenvalue weighted by atomic mass is 19.1. The molecular weight excluding hydrogens is 513 g/mol. The minimum Gasteiger partial charge on any atom is -0.503 e. The number of halogens is 1. The van der Waals surface area contributed by atoms with Gasteiger partial charge in [-0.3, -0.25) is 19.3 Å². The Hall–Kier alpha value is -4.18. The minimum atomic E-state index is -0.892. The van der Waals surface area contributed by atoms with Crippen molar-refractivity contribution in [3.8, 4) is 5.75 Å². The van der Waals surface area contributed by atoms with Gasteiger partial charge in [-0.25, -0.2) is 4.39 Å². The van der Waals surface area contributed by atoms with E-state index in [1.54, 1.807) is 4.90 Å². The molecule has 2 amide bonds. The normalized spacial score (nSPS) is 16.8. The van der Waals surface area contributed by atoms with Gasteiger partial charge in [-0.05, 0) is 55.7 Å². The van der Waals surface area contributed by atoms with E-state index in [0.717, 1.165) is 31.6 Å². The number of hydrogen-bond acceptors (Lipinski definition) is 6. The summed E-state index contributed by atoms with van der Waals surface area (Å²) in [6.07, 6.45) is 1.85. The molecule has 0 saturated carbocycles. The molecule has 2 aliphatic heterocycles. The van der Waals surface area contributed by atoms with Crippen LogP contribution in [0.4, 0.5) is 10.1 Å². The van der Waals surface area contributed by atoms with E-state index in [2.05, 4.69) is 53.2 Å². The van der Waals surface area contributed by atoms with Gasteiger partial charge in [0.2, 0.25) is 5.43 Å². The SMILES string of the molecule is CCN(CC)c1ccc(CN2CCCN3C(=O)c4c(O)c(=O)c(C(=O)NCc5ccc(F)cc5)cn4CC23)cc1. The van der Waals surface area contributed by atoms with Crippen LogP contribution in [0.2, 0.25) is 0 Å². The fourth-order valence-corrected chi connectivity index (χ4v) is 5.58. The van der Waals surface area contributed by atoms with Crippen LogP contribution in [0.15, 0.2) is 59.5 Å². The lowest BCUT2D eigenvalue weighted by atomic mass is 10.1. The molecule has 3 aromatic rings. The second-order valence-corrected chi connectivity index (χ2v) is 10.2. The predicted octanol–water partition coefficient (Wildman–Crippen LogP) is 3.16. The number of aromatic hydroxyl groups is 1. The van der Waals surface area contributed by atoms with E-state index in [1.165, 1.54) is 40.7 Å². The zero-order chi connectivity index (χ0) is 28.4. The van der Waals surface area contributed by atoms with Gasteiger partial charge in [-0.1, -0.05) is 24.3 Å². The van der Waals surface area contributed by atoms with Crippen molar-refractivity contribution in [2.45, 2.75) is 46.1 Å². The van der Waals surface area contributed by atoms with Crippen LogP contribution in [-0.2, 0) is 19.6 Å². The van der Waals surface area contributed by atoms with Crippen LogP contribution in [0.25, 0.3) is 0 Å². The van der Waals surface area contributed by atoms with Gasteiger partial charge in [0, 0.05) is 51.2 Å². The summed E-state index contributed by atoms with van der Waals surface area (Å²) in [7, 11) is 0. The molecule has 2 aromatic carbocycles. The summed E-state index contributed by atoms with van der Waals surface area (Å²) in [4.78, 5) is 45.5. The average molecular weight is 548 g/mol. The van der Waals surface area contributed by atoms with E-state index in [1.807, 2.05) is 0 Å². The fourth-order valence-electron chi connectivity index (χ4n) is 5.58. The molecule has 1 fully saturated rings. The molecule has 0 spiro atoms. The maximum Gasteiger partial charge on any atom is 0.275 e. The number of aromatic nitrogens is 1. The summed E-state index contributed by atoms with van der Waals surface area (Å²) in [5, 5.41) is 13.4. The van der Waals surface area contributed by atoms with Crippen molar-refractivity contribution in [1.82, 2.24) is 19.7 Å². The van der Waals surface area contributed by atoms with Crippen molar-refractivity contribution in [1.29, 1.82) is 0 Å². The van der Waals surface area contributed by atoms with Crippen LogP contribution in [0.1, 0.15) is 52.2 Å². The van der Waals surface area contributed by atoms with Gasteiger partial charge in [0.1, 0.15) is 17.5 Å². The Morgan fingerprint density at radius 3 is 2.38 bits per heavy atom. The number of carbonyl (C=O) groups excluding carboxylic acids is 2. The number of pyridine rings is 1. The number of hydrogen-bond donors (Lipinski definition) is 2.